The molecule has 1 aromatic carbocycles. The van der Waals surface area contributed by atoms with E-state index in [4.69, 9.17) is 17.5 Å². The Bertz CT molecular complexity index is 790. The molecule has 0 aliphatic rings. The fourth-order valence-electron chi connectivity index (χ4n) is 5.10. The molecule has 0 saturated heterocycles. The summed E-state index contributed by atoms with van der Waals surface area (Å²) >= 11 is 0. The molecule has 0 aliphatic carbocycles. The van der Waals surface area contributed by atoms with Crippen molar-refractivity contribution in [3.05, 3.63) is 35.9 Å². The zero-order valence-electron chi connectivity index (χ0n) is 30.8. The first-order valence-corrected chi connectivity index (χ1v) is 18.9. The topological polar surface area (TPSA) is 120 Å². The number of aryl methyl sites for hydroxylation is 1. The number of unbranched alkanes of at least 4 members (excludes halogenated alkanes) is 23. The summed E-state index contributed by atoms with van der Waals surface area (Å²) in [6.07, 6.45) is 35.4. The van der Waals surface area contributed by atoms with Gasteiger partial charge in [0.1, 0.15) is 0 Å². The second-order valence-electron chi connectivity index (χ2n) is 11.9. The fourth-order valence-corrected chi connectivity index (χ4v) is 5.10. The Kier molecular flexibility index (Phi) is 57.6. The number of carbonyl (C=O) groups is 1. The van der Waals surface area contributed by atoms with Gasteiger partial charge in [-0.15, -0.1) is 0 Å². The van der Waals surface area contributed by atoms with E-state index in [1.165, 1.54) is 160 Å². The maximum absolute atomic E-state index is 10.2. The number of carboxylic acids is 1. The predicted molar refractivity (Wildman–Crippen MR) is 177 cm³/mol. The first kappa shape index (κ1) is 56.9. The van der Waals surface area contributed by atoms with E-state index in [9.17, 15) is 9.90 Å². The molecule has 0 amide bonds. The Morgan fingerprint density at radius 2 is 0.761 bits per heavy atom. The Labute approximate surface area is 351 Å². The minimum atomic E-state index is -5.17. The van der Waals surface area contributed by atoms with Gasteiger partial charge in [0.05, 0.1) is 0 Å². The molecule has 46 heavy (non-hydrogen) atoms. The first-order chi connectivity index (χ1) is 20.7. The van der Waals surface area contributed by atoms with Gasteiger partial charge in [-0.2, -0.15) is 0 Å². The van der Waals surface area contributed by atoms with E-state index >= 15 is 0 Å². The first-order valence-electron chi connectivity index (χ1n) is 17.6. The van der Waals surface area contributed by atoms with Crippen LogP contribution in [-0.4, -0.2) is 23.5 Å². The number of benzene rings is 1. The largest absolute Gasteiger partial charge is 1.00 e. The van der Waals surface area contributed by atoms with E-state index < -0.39 is 16.4 Å². The Balaban J connectivity index is -0.000000201. The summed E-state index contributed by atoms with van der Waals surface area (Å²) in [6.45, 7) is 4.55. The van der Waals surface area contributed by atoms with Gasteiger partial charge in [0.15, 0.2) is 0 Å². The summed E-state index contributed by atoms with van der Waals surface area (Å²) in [5, 5.41) is 10.2. The molecule has 1 rings (SSSR count). The molecule has 0 fully saturated rings. The van der Waals surface area contributed by atoms with Crippen LogP contribution in [0.25, 0.3) is 0 Å². The van der Waals surface area contributed by atoms with Crippen LogP contribution in [0.2, 0.25) is 0 Å². The third-order valence-corrected chi connectivity index (χ3v) is 7.65. The molecule has 10 heteroatoms. The Morgan fingerprint density at radius 1 is 0.500 bits per heavy atom. The van der Waals surface area contributed by atoms with Gasteiger partial charge >= 0.3 is 88.7 Å². The number of carbonyl (C=O) groups excluding carboxylic acids is 1. The zero-order chi connectivity index (χ0) is 32.3. The van der Waals surface area contributed by atoms with Gasteiger partial charge in [0.2, 0.25) is 0 Å². The maximum atomic E-state index is 10.2. The monoisotopic (exact) mass is 694 g/mol. The van der Waals surface area contributed by atoms with Crippen LogP contribution < -0.4 is 93.8 Å². The van der Waals surface area contributed by atoms with Crippen LogP contribution >= 0.6 is 0 Å². The average Bonchev–Trinajstić information content (AvgIpc) is 2.96. The van der Waals surface area contributed by atoms with Crippen LogP contribution in [0, 0.1) is 0 Å². The molecular weight excluding hydrogens is 629 g/mol. The van der Waals surface area contributed by atoms with Crippen molar-refractivity contribution in [2.75, 3.05) is 0 Å². The molecule has 0 aromatic heterocycles. The summed E-state index contributed by atoms with van der Waals surface area (Å²) < 4.78 is 34.1. The van der Waals surface area contributed by atoms with E-state index in [1.54, 1.807) is 0 Å². The van der Waals surface area contributed by atoms with Crippen LogP contribution in [0.5, 0.6) is 0 Å². The summed E-state index contributed by atoms with van der Waals surface area (Å²) in [7, 11) is -5.17. The van der Waals surface area contributed by atoms with Crippen LogP contribution in [0.3, 0.4) is 0 Å². The fraction of sp³-hybridized carbons (Fsp3) is 0.806. The smallest absolute Gasteiger partial charge is 0.759 e. The molecule has 0 radical (unpaired) electrons. The molecule has 0 saturated carbocycles. The summed E-state index contributed by atoms with van der Waals surface area (Å²) in [4.78, 5) is 10.2. The van der Waals surface area contributed by atoms with Crippen molar-refractivity contribution in [1.82, 2.24) is 0 Å². The van der Waals surface area contributed by atoms with Crippen molar-refractivity contribution < 1.29 is 116 Å². The molecule has 0 heterocycles. The van der Waals surface area contributed by atoms with Gasteiger partial charge in [0, 0.05) is 16.4 Å². The maximum Gasteiger partial charge on any atom is 1.00 e. The van der Waals surface area contributed by atoms with E-state index in [1.807, 2.05) is 0 Å². The molecule has 0 aliphatic heterocycles. The van der Waals surface area contributed by atoms with Gasteiger partial charge in [-0.05, 0) is 31.2 Å². The van der Waals surface area contributed by atoms with Crippen molar-refractivity contribution in [3.8, 4) is 0 Å². The molecule has 1 aromatic rings. The predicted octanol–water partition coefficient (Wildman–Crippen LogP) is 0.822. The van der Waals surface area contributed by atoms with Gasteiger partial charge in [-0.1, -0.05) is 192 Å². The molecular formula is C36H65Na3O6S. The van der Waals surface area contributed by atoms with Crippen molar-refractivity contribution >= 4 is 16.4 Å². The quantitative estimate of drug-likeness (QED) is 0.0583. The van der Waals surface area contributed by atoms with Crippen molar-refractivity contribution in [2.45, 2.75) is 187 Å². The summed E-state index contributed by atoms with van der Waals surface area (Å²) in [6, 6.07) is 10.9. The van der Waals surface area contributed by atoms with Gasteiger partial charge < -0.3 is 19.0 Å². The van der Waals surface area contributed by atoms with Crippen molar-refractivity contribution in [2.24, 2.45) is 0 Å². The number of hydrogen-bond acceptors (Lipinski definition) is 6. The van der Waals surface area contributed by atoms with Crippen LogP contribution in [-0.2, 0) is 21.6 Å². The van der Waals surface area contributed by atoms with Crippen molar-refractivity contribution in [3.63, 3.8) is 0 Å². The van der Waals surface area contributed by atoms with Crippen LogP contribution in [0.1, 0.15) is 186 Å². The van der Waals surface area contributed by atoms with E-state index in [2.05, 4.69) is 44.2 Å². The average molecular weight is 695 g/mol. The van der Waals surface area contributed by atoms with E-state index in [0.29, 0.717) is 0 Å². The van der Waals surface area contributed by atoms with E-state index in [0.717, 1.165) is 12.8 Å². The standard InChI is InChI=1S/C18H36O2.C18H30.3Na.H2O4S/c1-2-3-4-5-6-7-8-9-10-11-12-13-14-15-16-17-18(19)20;1-2-3-4-5-6-7-8-9-10-12-15-18-16-13-11-14-17-18;;;;1-5(2,3)4/h2-17H2,1H3,(H,19,20);11,13-14,16-17H,2-10,12,15H2,1H3;;;;(H2,1,2,3,4)/q;;3*+1;/p-3. The molecule has 0 atom stereocenters. The molecule has 0 spiro atoms. The molecule has 0 bridgehead atoms. The number of aliphatic carboxylic acids is 1. The third-order valence-electron chi connectivity index (χ3n) is 7.65. The Morgan fingerprint density at radius 3 is 1.04 bits per heavy atom. The van der Waals surface area contributed by atoms with Crippen LogP contribution in [0.4, 0.5) is 0 Å². The zero-order valence-corrected chi connectivity index (χ0v) is 37.7. The normalized spacial score (nSPS) is 10.2. The van der Waals surface area contributed by atoms with Gasteiger partial charge in [-0.3, -0.25) is 8.42 Å². The minimum absolute atomic E-state index is 0. The molecule has 0 N–H and O–H groups in total. The SMILES string of the molecule is CCCCCCCCCCCCCCCCCC(=O)[O-].CCCCCCCCCCCCc1ccccc1.O=S(=O)([O-])[O-].[Na+].[Na+].[Na+]. The van der Waals surface area contributed by atoms with Gasteiger partial charge in [0.25, 0.3) is 0 Å². The number of rotatable bonds is 27. The minimum Gasteiger partial charge on any atom is -0.759 e. The Hall–Kier alpha value is 1.56. The number of hydrogen-bond donors (Lipinski definition) is 0. The molecule has 6 nitrogen and oxygen atoms in total. The molecule has 0 unspecified atom stereocenters. The van der Waals surface area contributed by atoms with Gasteiger partial charge in [-0.25, -0.2) is 0 Å². The van der Waals surface area contributed by atoms with Crippen LogP contribution in [0.15, 0.2) is 30.3 Å². The second kappa shape index (κ2) is 46.6. The number of carboxylic acid groups (broad SMARTS) is 1. The van der Waals surface area contributed by atoms with Crippen molar-refractivity contribution in [1.29, 1.82) is 0 Å². The summed E-state index contributed by atoms with van der Waals surface area (Å²) in [5.74, 6) is -0.903. The third kappa shape index (κ3) is 60.8. The second-order valence-corrected chi connectivity index (χ2v) is 12.7. The van der Waals surface area contributed by atoms with E-state index in [-0.39, 0.29) is 95.1 Å². The summed E-state index contributed by atoms with van der Waals surface area (Å²) in [5.41, 5.74) is 1.50. The molecule has 254 valence electrons.